The summed E-state index contributed by atoms with van der Waals surface area (Å²) in [4.78, 5) is 32.6. The van der Waals surface area contributed by atoms with E-state index in [1.807, 2.05) is 6.07 Å². The fraction of sp³-hybridized carbons (Fsp3) is 0.222. The Kier molecular flexibility index (Phi) is 3.68. The summed E-state index contributed by atoms with van der Waals surface area (Å²) in [6.45, 7) is 1.78. The van der Waals surface area contributed by atoms with Crippen molar-refractivity contribution in [2.45, 2.75) is 12.8 Å². The zero-order chi connectivity index (χ0) is 17.4. The highest BCUT2D eigenvalue weighted by Crippen LogP contribution is 2.34. The molecule has 1 N–H and O–H groups in total. The van der Waals surface area contributed by atoms with Crippen molar-refractivity contribution >= 4 is 22.3 Å². The molecular formula is C18H16N4O3. The van der Waals surface area contributed by atoms with E-state index in [0.29, 0.717) is 22.3 Å². The smallest absolute Gasteiger partial charge is 0.270 e. The number of non-ortho nitro benzene ring substituents is 1. The zero-order valence-corrected chi connectivity index (χ0v) is 13.4. The van der Waals surface area contributed by atoms with Gasteiger partial charge in [0.25, 0.3) is 11.2 Å². The second kappa shape index (κ2) is 6.01. The first-order valence-electron chi connectivity index (χ1n) is 8.16. The minimum Gasteiger partial charge on any atom is -0.371 e. The van der Waals surface area contributed by atoms with Crippen molar-refractivity contribution < 1.29 is 4.92 Å². The van der Waals surface area contributed by atoms with E-state index in [-0.39, 0.29) is 11.2 Å². The number of rotatable bonds is 3. The standard InChI is InChI=1S/C18H16N4O3/c23-18-13-5-1-2-6-15(13)19-17(20-18)14-11-12(22(24)25)7-8-16(14)21-9-3-4-10-21/h1-2,5-8,11H,3-4,9-10H2,(H,19,20,23). The Bertz CT molecular complexity index is 1020. The molecule has 0 unspecified atom stereocenters. The van der Waals surface area contributed by atoms with E-state index in [2.05, 4.69) is 14.9 Å². The molecule has 0 spiro atoms. The number of fused-ring (bicyclic) bond motifs is 1. The highest BCUT2D eigenvalue weighted by molar-refractivity contribution is 5.83. The molecular weight excluding hydrogens is 320 g/mol. The predicted octanol–water partition coefficient (Wildman–Crippen LogP) is 3.10. The van der Waals surface area contributed by atoms with Gasteiger partial charge in [-0.2, -0.15) is 0 Å². The minimum absolute atomic E-state index is 0.0197. The number of hydrogen-bond acceptors (Lipinski definition) is 5. The predicted molar refractivity (Wildman–Crippen MR) is 95.9 cm³/mol. The largest absolute Gasteiger partial charge is 0.371 e. The molecule has 7 heteroatoms. The molecule has 1 aliphatic rings. The maximum absolute atomic E-state index is 12.4. The molecule has 25 heavy (non-hydrogen) atoms. The van der Waals surface area contributed by atoms with Gasteiger partial charge in [-0.3, -0.25) is 14.9 Å². The van der Waals surface area contributed by atoms with Crippen molar-refractivity contribution in [1.82, 2.24) is 9.97 Å². The molecule has 1 saturated heterocycles. The molecule has 1 fully saturated rings. The Morgan fingerprint density at radius 1 is 1.12 bits per heavy atom. The third kappa shape index (κ3) is 2.73. The van der Waals surface area contributed by atoms with Crippen LogP contribution in [0.1, 0.15) is 12.8 Å². The summed E-state index contributed by atoms with van der Waals surface area (Å²) in [5.41, 5.74) is 1.74. The first-order chi connectivity index (χ1) is 12.1. The van der Waals surface area contributed by atoms with E-state index in [4.69, 9.17) is 0 Å². The lowest BCUT2D eigenvalue weighted by Crippen LogP contribution is -2.19. The van der Waals surface area contributed by atoms with Crippen LogP contribution in [0.2, 0.25) is 0 Å². The van der Waals surface area contributed by atoms with Crippen LogP contribution < -0.4 is 10.5 Å². The van der Waals surface area contributed by atoms with Gasteiger partial charge < -0.3 is 9.88 Å². The van der Waals surface area contributed by atoms with Gasteiger partial charge in [-0.1, -0.05) is 12.1 Å². The van der Waals surface area contributed by atoms with Crippen LogP contribution in [0.25, 0.3) is 22.3 Å². The molecule has 3 aromatic rings. The molecule has 0 aliphatic carbocycles. The number of H-pyrrole nitrogens is 1. The van der Waals surface area contributed by atoms with Crippen LogP contribution in [0.3, 0.4) is 0 Å². The second-order valence-corrected chi connectivity index (χ2v) is 6.08. The molecule has 0 bridgehead atoms. The van der Waals surface area contributed by atoms with E-state index < -0.39 is 4.92 Å². The number of benzene rings is 2. The van der Waals surface area contributed by atoms with Gasteiger partial charge >= 0.3 is 0 Å². The van der Waals surface area contributed by atoms with E-state index in [9.17, 15) is 14.9 Å². The maximum Gasteiger partial charge on any atom is 0.270 e. The van der Waals surface area contributed by atoms with Crippen molar-refractivity contribution in [3.63, 3.8) is 0 Å². The quantitative estimate of drug-likeness (QED) is 0.586. The molecule has 126 valence electrons. The number of aromatic nitrogens is 2. The molecule has 0 radical (unpaired) electrons. The Hall–Kier alpha value is -3.22. The van der Waals surface area contributed by atoms with Crippen molar-refractivity contribution in [3.05, 3.63) is 62.9 Å². The lowest BCUT2D eigenvalue weighted by molar-refractivity contribution is -0.384. The van der Waals surface area contributed by atoms with E-state index in [1.165, 1.54) is 12.1 Å². The Balaban J connectivity index is 1.95. The Labute approximate surface area is 143 Å². The highest BCUT2D eigenvalue weighted by atomic mass is 16.6. The van der Waals surface area contributed by atoms with Crippen LogP contribution in [0, 0.1) is 10.1 Å². The normalized spacial score (nSPS) is 14.2. The topological polar surface area (TPSA) is 92.1 Å². The average Bonchev–Trinajstić information content (AvgIpc) is 3.15. The number of nitrogens with one attached hydrogen (secondary N) is 1. The van der Waals surface area contributed by atoms with Gasteiger partial charge in [0.15, 0.2) is 0 Å². The number of aromatic amines is 1. The number of nitro benzene ring substituents is 1. The molecule has 7 nitrogen and oxygen atoms in total. The second-order valence-electron chi connectivity index (χ2n) is 6.08. The molecule has 0 atom stereocenters. The number of nitrogens with zero attached hydrogens (tertiary/aromatic N) is 3. The summed E-state index contributed by atoms with van der Waals surface area (Å²) in [7, 11) is 0. The van der Waals surface area contributed by atoms with Gasteiger partial charge in [0, 0.05) is 36.5 Å². The van der Waals surface area contributed by atoms with Crippen molar-refractivity contribution in [3.8, 4) is 11.4 Å². The van der Waals surface area contributed by atoms with Crippen LogP contribution in [-0.4, -0.2) is 28.0 Å². The fourth-order valence-corrected chi connectivity index (χ4v) is 3.28. The van der Waals surface area contributed by atoms with Gasteiger partial charge in [-0.25, -0.2) is 4.98 Å². The van der Waals surface area contributed by atoms with E-state index in [0.717, 1.165) is 31.6 Å². The Morgan fingerprint density at radius 3 is 2.64 bits per heavy atom. The van der Waals surface area contributed by atoms with E-state index >= 15 is 0 Å². The molecule has 1 aliphatic heterocycles. The lowest BCUT2D eigenvalue weighted by atomic mass is 10.1. The fourth-order valence-electron chi connectivity index (χ4n) is 3.28. The number of para-hydroxylation sites is 1. The summed E-state index contributed by atoms with van der Waals surface area (Å²) in [6, 6.07) is 11.8. The summed E-state index contributed by atoms with van der Waals surface area (Å²) in [5.74, 6) is 0.356. The summed E-state index contributed by atoms with van der Waals surface area (Å²) in [6.07, 6.45) is 2.16. The van der Waals surface area contributed by atoms with Crippen LogP contribution in [0.4, 0.5) is 11.4 Å². The molecule has 1 aromatic heterocycles. The minimum atomic E-state index is -0.434. The van der Waals surface area contributed by atoms with Crippen molar-refractivity contribution in [2.24, 2.45) is 0 Å². The van der Waals surface area contributed by atoms with Gasteiger partial charge in [-0.15, -0.1) is 0 Å². The van der Waals surface area contributed by atoms with Crippen LogP contribution in [0.15, 0.2) is 47.3 Å². The molecule has 2 heterocycles. The molecule has 2 aromatic carbocycles. The van der Waals surface area contributed by atoms with E-state index in [1.54, 1.807) is 24.3 Å². The third-order valence-electron chi connectivity index (χ3n) is 4.51. The molecule has 0 amide bonds. The first kappa shape index (κ1) is 15.3. The highest BCUT2D eigenvalue weighted by Gasteiger charge is 2.21. The van der Waals surface area contributed by atoms with Crippen LogP contribution in [-0.2, 0) is 0 Å². The summed E-state index contributed by atoms with van der Waals surface area (Å²) >= 11 is 0. The lowest BCUT2D eigenvalue weighted by Gasteiger charge is -2.21. The molecule has 4 rings (SSSR count). The van der Waals surface area contributed by atoms with Crippen LogP contribution >= 0.6 is 0 Å². The van der Waals surface area contributed by atoms with Crippen molar-refractivity contribution in [2.75, 3.05) is 18.0 Å². The Morgan fingerprint density at radius 2 is 1.88 bits per heavy atom. The SMILES string of the molecule is O=c1[nH]c(-c2cc([N+](=O)[O-])ccc2N2CCCC2)nc2ccccc12. The van der Waals surface area contributed by atoms with Crippen LogP contribution in [0.5, 0.6) is 0 Å². The zero-order valence-electron chi connectivity index (χ0n) is 13.4. The summed E-state index contributed by atoms with van der Waals surface area (Å²) in [5, 5.41) is 11.7. The monoisotopic (exact) mass is 336 g/mol. The van der Waals surface area contributed by atoms with Gasteiger partial charge in [0.2, 0.25) is 0 Å². The van der Waals surface area contributed by atoms with Gasteiger partial charge in [0.1, 0.15) is 5.82 Å². The number of nitro groups is 1. The van der Waals surface area contributed by atoms with Gasteiger partial charge in [0.05, 0.1) is 15.8 Å². The van der Waals surface area contributed by atoms with Gasteiger partial charge in [-0.05, 0) is 31.0 Å². The van der Waals surface area contributed by atoms with Crippen molar-refractivity contribution in [1.29, 1.82) is 0 Å². The number of hydrogen-bond donors (Lipinski definition) is 1. The average molecular weight is 336 g/mol. The number of anilines is 1. The summed E-state index contributed by atoms with van der Waals surface area (Å²) < 4.78 is 0. The maximum atomic E-state index is 12.4. The first-order valence-corrected chi connectivity index (χ1v) is 8.16. The third-order valence-corrected chi connectivity index (χ3v) is 4.51. The molecule has 0 saturated carbocycles.